The Morgan fingerprint density at radius 2 is 1.45 bits per heavy atom. The van der Waals surface area contributed by atoms with E-state index in [1.54, 1.807) is 25.3 Å². The maximum Gasteiger partial charge on any atom is 0.162 e. The number of hydrogen-bond acceptors (Lipinski definition) is 3. The SMILES string of the molecule is COc1cc(CNCCc2ccc(Cl)cc2Cl)c(Br)cc1OCc1ccc(Cl)cc1Cl. The molecule has 0 amide bonds. The Labute approximate surface area is 210 Å². The van der Waals surface area contributed by atoms with E-state index in [0.29, 0.717) is 44.7 Å². The van der Waals surface area contributed by atoms with Crippen molar-refractivity contribution in [3.05, 3.63) is 89.8 Å². The second-order valence-corrected chi connectivity index (χ2v) is 9.32. The normalized spacial score (nSPS) is 10.9. The summed E-state index contributed by atoms with van der Waals surface area (Å²) < 4.78 is 12.4. The molecule has 0 unspecified atom stereocenters. The van der Waals surface area contributed by atoms with Gasteiger partial charge in [0, 0.05) is 36.7 Å². The first-order valence-electron chi connectivity index (χ1n) is 9.45. The van der Waals surface area contributed by atoms with Gasteiger partial charge in [-0.3, -0.25) is 0 Å². The Bertz CT molecular complexity index is 1060. The monoisotopic (exact) mass is 561 g/mol. The highest BCUT2D eigenvalue weighted by Crippen LogP contribution is 2.34. The first-order chi connectivity index (χ1) is 14.9. The fraction of sp³-hybridized carbons (Fsp3) is 0.217. The number of ether oxygens (including phenoxy) is 2. The first-order valence-corrected chi connectivity index (χ1v) is 11.8. The van der Waals surface area contributed by atoms with Crippen molar-refractivity contribution < 1.29 is 9.47 Å². The summed E-state index contributed by atoms with van der Waals surface area (Å²) >= 11 is 28.0. The van der Waals surface area contributed by atoms with Crippen LogP contribution in [0.4, 0.5) is 0 Å². The number of benzene rings is 3. The lowest BCUT2D eigenvalue weighted by atomic mass is 10.1. The molecule has 3 rings (SSSR count). The van der Waals surface area contributed by atoms with E-state index in [2.05, 4.69) is 21.2 Å². The molecule has 0 heterocycles. The van der Waals surface area contributed by atoms with Gasteiger partial charge in [0.1, 0.15) is 6.61 Å². The van der Waals surface area contributed by atoms with E-state index in [1.807, 2.05) is 30.3 Å². The minimum Gasteiger partial charge on any atom is -0.493 e. The summed E-state index contributed by atoms with van der Waals surface area (Å²) in [6.45, 7) is 1.73. The van der Waals surface area contributed by atoms with Crippen molar-refractivity contribution in [2.75, 3.05) is 13.7 Å². The molecule has 8 heteroatoms. The van der Waals surface area contributed by atoms with Gasteiger partial charge in [-0.15, -0.1) is 0 Å². The number of halogens is 5. The molecule has 0 aliphatic heterocycles. The van der Waals surface area contributed by atoms with Crippen LogP contribution in [0, 0.1) is 0 Å². The lowest BCUT2D eigenvalue weighted by molar-refractivity contribution is 0.284. The average molecular weight is 564 g/mol. The molecule has 3 aromatic carbocycles. The molecule has 164 valence electrons. The molecule has 1 N–H and O–H groups in total. The van der Waals surface area contributed by atoms with Crippen molar-refractivity contribution in [1.82, 2.24) is 5.32 Å². The van der Waals surface area contributed by atoms with Crippen LogP contribution >= 0.6 is 62.3 Å². The van der Waals surface area contributed by atoms with Crippen molar-refractivity contribution in [3.63, 3.8) is 0 Å². The van der Waals surface area contributed by atoms with Gasteiger partial charge in [-0.1, -0.05) is 74.5 Å². The van der Waals surface area contributed by atoms with Crippen LogP contribution in [0.3, 0.4) is 0 Å². The summed E-state index contributed by atoms with van der Waals surface area (Å²) in [5, 5.41) is 5.89. The molecule has 0 spiro atoms. The van der Waals surface area contributed by atoms with E-state index < -0.39 is 0 Å². The quantitative estimate of drug-likeness (QED) is 0.268. The van der Waals surface area contributed by atoms with Crippen LogP contribution in [0.25, 0.3) is 0 Å². The largest absolute Gasteiger partial charge is 0.493 e. The van der Waals surface area contributed by atoms with Gasteiger partial charge < -0.3 is 14.8 Å². The topological polar surface area (TPSA) is 30.5 Å². The van der Waals surface area contributed by atoms with Crippen molar-refractivity contribution in [3.8, 4) is 11.5 Å². The molecule has 3 aromatic rings. The number of rotatable bonds is 9. The van der Waals surface area contributed by atoms with Crippen LogP contribution in [0.1, 0.15) is 16.7 Å². The third-order valence-corrected chi connectivity index (χ3v) is 6.54. The Hall–Kier alpha value is -1.14. The number of methoxy groups -OCH3 is 1. The molecular weight excluding hydrogens is 544 g/mol. The summed E-state index contributed by atoms with van der Waals surface area (Å²) in [5.41, 5.74) is 2.95. The second kappa shape index (κ2) is 11.6. The van der Waals surface area contributed by atoms with E-state index in [4.69, 9.17) is 55.9 Å². The van der Waals surface area contributed by atoms with E-state index in [9.17, 15) is 0 Å². The maximum absolute atomic E-state index is 6.23. The third kappa shape index (κ3) is 6.92. The van der Waals surface area contributed by atoms with Crippen LogP contribution in [-0.4, -0.2) is 13.7 Å². The first kappa shape index (κ1) is 24.5. The van der Waals surface area contributed by atoms with Gasteiger partial charge in [0.25, 0.3) is 0 Å². The highest BCUT2D eigenvalue weighted by molar-refractivity contribution is 9.10. The van der Waals surface area contributed by atoms with Gasteiger partial charge in [-0.05, 0) is 60.5 Å². The molecule has 0 bridgehead atoms. The summed E-state index contributed by atoms with van der Waals surface area (Å²) in [7, 11) is 1.62. The molecule has 0 fully saturated rings. The molecule has 0 atom stereocenters. The zero-order valence-corrected chi connectivity index (χ0v) is 21.3. The summed E-state index contributed by atoms with van der Waals surface area (Å²) in [4.78, 5) is 0. The fourth-order valence-corrected chi connectivity index (χ4v) is 4.38. The van der Waals surface area contributed by atoms with Crippen LogP contribution in [-0.2, 0) is 19.6 Å². The Balaban J connectivity index is 1.60. The van der Waals surface area contributed by atoms with E-state index in [-0.39, 0.29) is 0 Å². The molecule has 0 saturated heterocycles. The van der Waals surface area contributed by atoms with E-state index in [1.165, 1.54) is 0 Å². The number of hydrogen-bond donors (Lipinski definition) is 1. The minimum absolute atomic E-state index is 0.304. The number of nitrogens with one attached hydrogen (secondary N) is 1. The van der Waals surface area contributed by atoms with Gasteiger partial charge in [0.2, 0.25) is 0 Å². The summed E-state index contributed by atoms with van der Waals surface area (Å²) in [6, 6.07) is 14.7. The molecule has 0 aliphatic carbocycles. The molecule has 0 saturated carbocycles. The fourth-order valence-electron chi connectivity index (χ4n) is 2.95. The van der Waals surface area contributed by atoms with Gasteiger partial charge in [-0.2, -0.15) is 0 Å². The summed E-state index contributed by atoms with van der Waals surface area (Å²) in [6.07, 6.45) is 0.799. The Morgan fingerprint density at radius 3 is 2.06 bits per heavy atom. The van der Waals surface area contributed by atoms with Gasteiger partial charge in [0.15, 0.2) is 11.5 Å². The minimum atomic E-state index is 0.304. The summed E-state index contributed by atoms with van der Waals surface area (Å²) in [5.74, 6) is 1.27. The van der Waals surface area contributed by atoms with Crippen LogP contribution in [0.5, 0.6) is 11.5 Å². The van der Waals surface area contributed by atoms with Gasteiger partial charge >= 0.3 is 0 Å². The molecule has 0 radical (unpaired) electrons. The second-order valence-electron chi connectivity index (χ2n) is 6.78. The lowest BCUT2D eigenvalue weighted by Gasteiger charge is -2.15. The molecule has 31 heavy (non-hydrogen) atoms. The maximum atomic E-state index is 6.23. The zero-order valence-electron chi connectivity index (χ0n) is 16.7. The molecular formula is C23H20BrCl4NO2. The zero-order chi connectivity index (χ0) is 22.4. The van der Waals surface area contributed by atoms with E-state index >= 15 is 0 Å². The van der Waals surface area contributed by atoms with Crippen molar-refractivity contribution in [2.24, 2.45) is 0 Å². The average Bonchev–Trinajstić information content (AvgIpc) is 2.73. The molecule has 3 nitrogen and oxygen atoms in total. The predicted molar refractivity (Wildman–Crippen MR) is 133 cm³/mol. The van der Waals surface area contributed by atoms with Crippen LogP contribution in [0.15, 0.2) is 53.0 Å². The van der Waals surface area contributed by atoms with Crippen molar-refractivity contribution in [2.45, 2.75) is 19.6 Å². The van der Waals surface area contributed by atoms with Gasteiger partial charge in [-0.25, -0.2) is 0 Å². The smallest absolute Gasteiger partial charge is 0.162 e. The standard InChI is InChI=1S/C23H20BrCl4NO2/c1-30-22-8-16(12-29-7-6-14-2-4-17(25)9-20(14)27)19(24)11-23(22)31-13-15-3-5-18(26)10-21(15)28/h2-5,8-11,29H,6-7,12-13H2,1H3. The molecule has 0 aromatic heterocycles. The Kier molecular flexibility index (Phi) is 9.20. The van der Waals surface area contributed by atoms with Crippen LogP contribution in [0.2, 0.25) is 20.1 Å². The highest BCUT2D eigenvalue weighted by atomic mass is 79.9. The predicted octanol–water partition coefficient (Wildman–Crippen LogP) is 7.98. The van der Waals surface area contributed by atoms with E-state index in [0.717, 1.165) is 34.1 Å². The Morgan fingerprint density at radius 1 is 0.806 bits per heavy atom. The third-order valence-electron chi connectivity index (χ3n) is 4.63. The highest BCUT2D eigenvalue weighted by Gasteiger charge is 2.12. The van der Waals surface area contributed by atoms with Crippen LogP contribution < -0.4 is 14.8 Å². The lowest BCUT2D eigenvalue weighted by Crippen LogP contribution is -2.17. The van der Waals surface area contributed by atoms with Gasteiger partial charge in [0.05, 0.1) is 7.11 Å². The molecule has 0 aliphatic rings. The van der Waals surface area contributed by atoms with Crippen molar-refractivity contribution in [1.29, 1.82) is 0 Å². The van der Waals surface area contributed by atoms with Crippen molar-refractivity contribution >= 4 is 62.3 Å².